The lowest BCUT2D eigenvalue weighted by atomic mass is 10.1. The van der Waals surface area contributed by atoms with E-state index in [9.17, 15) is 4.79 Å². The first-order valence-electron chi connectivity index (χ1n) is 6.37. The summed E-state index contributed by atoms with van der Waals surface area (Å²) in [6.07, 6.45) is 3.32. The van der Waals surface area contributed by atoms with Crippen LogP contribution in [0.15, 0.2) is 11.8 Å². The molecule has 1 unspecified atom stereocenters. The molecule has 1 atom stereocenters. The number of nitriles is 1. The van der Waals surface area contributed by atoms with Gasteiger partial charge in [-0.3, -0.25) is 4.79 Å². The van der Waals surface area contributed by atoms with Crippen molar-refractivity contribution in [1.29, 1.82) is 5.26 Å². The van der Waals surface area contributed by atoms with E-state index in [2.05, 4.69) is 10.6 Å². The Labute approximate surface area is 113 Å². The number of carbonyl (C=O) groups is 1. The molecule has 0 aliphatic carbocycles. The maximum Gasteiger partial charge on any atom is 0.263 e. The first kappa shape index (κ1) is 15.5. The summed E-state index contributed by atoms with van der Waals surface area (Å²) in [5.41, 5.74) is -0.587. The Bertz CT molecular complexity index is 379. The van der Waals surface area contributed by atoms with Crippen molar-refractivity contribution < 1.29 is 14.6 Å². The standard InChI is InChI=1S/C13H21N3O3/c1-13(2,9-17)16-7-10(6-14)12(18)15-8-11-4-3-5-19-11/h7,11,16-17H,3-5,8-9H2,1-2H3,(H,15,18)/b10-7-. The summed E-state index contributed by atoms with van der Waals surface area (Å²) in [5, 5.41) is 23.5. The molecule has 0 aromatic carbocycles. The van der Waals surface area contributed by atoms with E-state index in [0.717, 1.165) is 19.4 Å². The fourth-order valence-corrected chi connectivity index (χ4v) is 1.57. The van der Waals surface area contributed by atoms with E-state index >= 15 is 0 Å². The normalized spacial score (nSPS) is 19.9. The van der Waals surface area contributed by atoms with Gasteiger partial charge in [-0.2, -0.15) is 5.26 Å². The maximum atomic E-state index is 11.8. The van der Waals surface area contributed by atoms with Gasteiger partial charge in [-0.05, 0) is 26.7 Å². The second-order valence-electron chi connectivity index (χ2n) is 5.20. The molecule has 106 valence electrons. The second-order valence-corrected chi connectivity index (χ2v) is 5.20. The predicted molar refractivity (Wildman–Crippen MR) is 70.0 cm³/mol. The minimum Gasteiger partial charge on any atom is -0.394 e. The molecule has 19 heavy (non-hydrogen) atoms. The molecule has 1 amide bonds. The number of hydrogen-bond donors (Lipinski definition) is 3. The number of rotatable bonds is 6. The molecule has 0 spiro atoms. The number of nitrogens with zero attached hydrogens (tertiary/aromatic N) is 1. The van der Waals surface area contributed by atoms with Gasteiger partial charge in [0, 0.05) is 19.4 Å². The van der Waals surface area contributed by atoms with E-state index < -0.39 is 11.4 Å². The molecule has 0 bridgehead atoms. The highest BCUT2D eigenvalue weighted by Crippen LogP contribution is 2.10. The summed E-state index contributed by atoms with van der Waals surface area (Å²) < 4.78 is 5.38. The molecule has 1 fully saturated rings. The summed E-state index contributed by atoms with van der Waals surface area (Å²) in [6, 6.07) is 1.84. The molecule has 0 aromatic heterocycles. The first-order chi connectivity index (χ1) is 8.98. The quantitative estimate of drug-likeness (QED) is 0.467. The fourth-order valence-electron chi connectivity index (χ4n) is 1.57. The molecule has 1 saturated heterocycles. The fraction of sp³-hybridized carbons (Fsp3) is 0.692. The topological polar surface area (TPSA) is 94.4 Å². The molecule has 1 aliphatic heterocycles. The van der Waals surface area contributed by atoms with Gasteiger partial charge in [-0.1, -0.05) is 0 Å². The van der Waals surface area contributed by atoms with Crippen molar-refractivity contribution in [2.75, 3.05) is 19.8 Å². The molecule has 1 heterocycles. The van der Waals surface area contributed by atoms with Crippen LogP contribution in [0.5, 0.6) is 0 Å². The Balaban J connectivity index is 2.47. The van der Waals surface area contributed by atoms with E-state index in [1.807, 2.05) is 6.07 Å². The van der Waals surface area contributed by atoms with E-state index in [1.54, 1.807) is 13.8 Å². The zero-order valence-electron chi connectivity index (χ0n) is 11.4. The number of aliphatic hydroxyl groups is 1. The van der Waals surface area contributed by atoms with Crippen LogP contribution in [-0.2, 0) is 9.53 Å². The average Bonchev–Trinajstić information content (AvgIpc) is 2.90. The van der Waals surface area contributed by atoms with Gasteiger partial charge in [0.2, 0.25) is 0 Å². The first-order valence-corrected chi connectivity index (χ1v) is 6.37. The molecule has 0 saturated carbocycles. The van der Waals surface area contributed by atoms with Gasteiger partial charge in [0.1, 0.15) is 11.6 Å². The lowest BCUT2D eigenvalue weighted by Gasteiger charge is -2.22. The minimum atomic E-state index is -0.572. The Kier molecular flexibility index (Phi) is 5.80. The smallest absolute Gasteiger partial charge is 0.263 e. The Morgan fingerprint density at radius 3 is 2.89 bits per heavy atom. The van der Waals surface area contributed by atoms with Gasteiger partial charge in [0.15, 0.2) is 0 Å². The average molecular weight is 267 g/mol. The van der Waals surface area contributed by atoms with Crippen molar-refractivity contribution in [2.24, 2.45) is 0 Å². The van der Waals surface area contributed by atoms with Crippen LogP contribution in [0.1, 0.15) is 26.7 Å². The minimum absolute atomic E-state index is 0.0143. The Morgan fingerprint density at radius 2 is 2.37 bits per heavy atom. The van der Waals surface area contributed by atoms with Crippen molar-refractivity contribution in [3.63, 3.8) is 0 Å². The van der Waals surface area contributed by atoms with Gasteiger partial charge in [0.25, 0.3) is 5.91 Å². The highest BCUT2D eigenvalue weighted by Gasteiger charge is 2.18. The van der Waals surface area contributed by atoms with E-state index in [1.165, 1.54) is 6.20 Å². The van der Waals surface area contributed by atoms with Gasteiger partial charge < -0.3 is 20.5 Å². The third-order valence-electron chi connectivity index (χ3n) is 2.88. The highest BCUT2D eigenvalue weighted by molar-refractivity contribution is 5.97. The molecule has 1 rings (SSSR count). The lowest BCUT2D eigenvalue weighted by Crippen LogP contribution is -2.40. The third kappa shape index (κ3) is 5.28. The largest absolute Gasteiger partial charge is 0.394 e. The number of carbonyl (C=O) groups excluding carboxylic acids is 1. The summed E-state index contributed by atoms with van der Waals surface area (Å²) in [4.78, 5) is 11.8. The molecule has 3 N–H and O–H groups in total. The molecule has 6 nitrogen and oxygen atoms in total. The van der Waals surface area contributed by atoms with Crippen molar-refractivity contribution in [2.45, 2.75) is 38.3 Å². The zero-order valence-corrected chi connectivity index (χ0v) is 11.4. The molecule has 6 heteroatoms. The van der Waals surface area contributed by atoms with Crippen LogP contribution >= 0.6 is 0 Å². The third-order valence-corrected chi connectivity index (χ3v) is 2.88. The van der Waals surface area contributed by atoms with Gasteiger partial charge in [-0.25, -0.2) is 0 Å². The number of amides is 1. The molecule has 1 aliphatic rings. The van der Waals surface area contributed by atoms with Crippen LogP contribution in [0.2, 0.25) is 0 Å². The summed E-state index contributed by atoms with van der Waals surface area (Å²) >= 11 is 0. The summed E-state index contributed by atoms with van der Waals surface area (Å²) in [5.74, 6) is -0.431. The number of aliphatic hydroxyl groups excluding tert-OH is 1. The molecule has 0 aromatic rings. The Hall–Kier alpha value is -1.58. The van der Waals surface area contributed by atoms with Crippen molar-refractivity contribution in [3.8, 4) is 6.07 Å². The Morgan fingerprint density at radius 1 is 1.63 bits per heavy atom. The molecular formula is C13H21N3O3. The molecular weight excluding hydrogens is 246 g/mol. The highest BCUT2D eigenvalue weighted by atomic mass is 16.5. The van der Waals surface area contributed by atoms with Crippen LogP contribution < -0.4 is 10.6 Å². The van der Waals surface area contributed by atoms with Crippen LogP contribution in [-0.4, -0.2) is 42.4 Å². The van der Waals surface area contributed by atoms with Gasteiger partial charge in [-0.15, -0.1) is 0 Å². The van der Waals surface area contributed by atoms with Gasteiger partial charge in [0.05, 0.1) is 18.2 Å². The SMILES string of the molecule is CC(C)(CO)N/C=C(/C#N)C(=O)NCC1CCCO1. The van der Waals surface area contributed by atoms with E-state index in [0.29, 0.717) is 6.54 Å². The van der Waals surface area contributed by atoms with E-state index in [4.69, 9.17) is 15.1 Å². The van der Waals surface area contributed by atoms with E-state index in [-0.39, 0.29) is 18.3 Å². The van der Waals surface area contributed by atoms with Crippen molar-refractivity contribution in [3.05, 3.63) is 11.8 Å². The monoisotopic (exact) mass is 267 g/mol. The number of nitrogens with one attached hydrogen (secondary N) is 2. The van der Waals surface area contributed by atoms with Crippen molar-refractivity contribution in [1.82, 2.24) is 10.6 Å². The van der Waals surface area contributed by atoms with Crippen LogP contribution in [0.25, 0.3) is 0 Å². The summed E-state index contributed by atoms with van der Waals surface area (Å²) in [7, 11) is 0. The van der Waals surface area contributed by atoms with Crippen LogP contribution in [0.3, 0.4) is 0 Å². The second kappa shape index (κ2) is 7.12. The maximum absolute atomic E-state index is 11.8. The lowest BCUT2D eigenvalue weighted by molar-refractivity contribution is -0.117. The predicted octanol–water partition coefficient (Wildman–Crippen LogP) is 0.0496. The number of hydrogen-bond acceptors (Lipinski definition) is 5. The van der Waals surface area contributed by atoms with Crippen LogP contribution in [0, 0.1) is 11.3 Å². The molecule has 0 radical (unpaired) electrons. The van der Waals surface area contributed by atoms with Crippen molar-refractivity contribution >= 4 is 5.91 Å². The zero-order chi connectivity index (χ0) is 14.3. The number of ether oxygens (including phenoxy) is 1. The van der Waals surface area contributed by atoms with Gasteiger partial charge >= 0.3 is 0 Å². The summed E-state index contributed by atoms with van der Waals surface area (Å²) in [6.45, 7) is 4.58. The van der Waals surface area contributed by atoms with Crippen LogP contribution in [0.4, 0.5) is 0 Å².